The van der Waals surface area contributed by atoms with E-state index in [1.807, 2.05) is 0 Å². The van der Waals surface area contributed by atoms with E-state index in [0.29, 0.717) is 32.2 Å². The number of carboxylic acids is 1. The molecule has 1 aliphatic carbocycles. The zero-order valence-corrected chi connectivity index (χ0v) is 11.6. The van der Waals surface area contributed by atoms with Crippen molar-refractivity contribution in [3.05, 3.63) is 0 Å². The van der Waals surface area contributed by atoms with Gasteiger partial charge >= 0.3 is 5.97 Å². The first-order valence-corrected chi connectivity index (χ1v) is 8.10. The first-order chi connectivity index (χ1) is 8.74. The lowest BCUT2D eigenvalue weighted by Gasteiger charge is -2.30. The van der Waals surface area contributed by atoms with Crippen LogP contribution in [-0.2, 0) is 19.6 Å². The molecule has 0 unspecified atom stereocenters. The van der Waals surface area contributed by atoms with Crippen molar-refractivity contribution >= 4 is 21.9 Å². The molecule has 1 saturated heterocycles. The molecule has 1 saturated carbocycles. The molecule has 8 heteroatoms. The van der Waals surface area contributed by atoms with Crippen LogP contribution >= 0.6 is 0 Å². The number of amides is 1. The fourth-order valence-corrected chi connectivity index (χ4v) is 3.22. The predicted molar refractivity (Wildman–Crippen MR) is 66.9 cm³/mol. The van der Waals surface area contributed by atoms with Crippen molar-refractivity contribution in [1.82, 2.24) is 9.62 Å². The van der Waals surface area contributed by atoms with Crippen LogP contribution < -0.4 is 5.32 Å². The van der Waals surface area contributed by atoms with Crippen LogP contribution in [0, 0.1) is 5.92 Å². The molecule has 0 radical (unpaired) electrons. The van der Waals surface area contributed by atoms with Crippen molar-refractivity contribution in [3.63, 3.8) is 0 Å². The lowest BCUT2D eigenvalue weighted by molar-refractivity contribution is -0.144. The standard InChI is InChI=1S/C11H18N2O5S/c1-19(17,18)13-6-2-3-8(7-13)9(14)12-11(4-5-11)10(15)16/h8H,2-7H2,1H3,(H,12,14)(H,15,16)/t8-/m1/s1. The molecule has 0 aromatic rings. The van der Waals surface area contributed by atoms with Crippen LogP contribution in [0.1, 0.15) is 25.7 Å². The first kappa shape index (κ1) is 14.3. The molecular formula is C11H18N2O5S. The van der Waals surface area contributed by atoms with Gasteiger partial charge in [-0.3, -0.25) is 4.79 Å². The van der Waals surface area contributed by atoms with Crippen molar-refractivity contribution in [2.24, 2.45) is 5.92 Å². The molecule has 19 heavy (non-hydrogen) atoms. The summed E-state index contributed by atoms with van der Waals surface area (Å²) < 4.78 is 24.2. The Morgan fingerprint density at radius 1 is 1.37 bits per heavy atom. The summed E-state index contributed by atoms with van der Waals surface area (Å²) in [7, 11) is -3.30. The van der Waals surface area contributed by atoms with Gasteiger partial charge in [-0.15, -0.1) is 0 Å². The van der Waals surface area contributed by atoms with Gasteiger partial charge in [-0.05, 0) is 25.7 Å². The number of carboxylic acid groups (broad SMARTS) is 1. The summed E-state index contributed by atoms with van der Waals surface area (Å²) >= 11 is 0. The van der Waals surface area contributed by atoms with Crippen LogP contribution in [0.15, 0.2) is 0 Å². The van der Waals surface area contributed by atoms with E-state index in [9.17, 15) is 18.0 Å². The smallest absolute Gasteiger partial charge is 0.329 e. The van der Waals surface area contributed by atoms with E-state index >= 15 is 0 Å². The molecule has 0 spiro atoms. The van der Waals surface area contributed by atoms with Gasteiger partial charge < -0.3 is 10.4 Å². The molecule has 1 heterocycles. The monoisotopic (exact) mass is 290 g/mol. The van der Waals surface area contributed by atoms with Crippen molar-refractivity contribution in [1.29, 1.82) is 0 Å². The maximum absolute atomic E-state index is 12.0. The Morgan fingerprint density at radius 2 is 2.00 bits per heavy atom. The van der Waals surface area contributed by atoms with E-state index in [1.54, 1.807) is 0 Å². The minimum Gasteiger partial charge on any atom is -0.480 e. The van der Waals surface area contributed by atoms with Crippen LogP contribution in [0.25, 0.3) is 0 Å². The summed E-state index contributed by atoms with van der Waals surface area (Å²) in [4.78, 5) is 23.0. The summed E-state index contributed by atoms with van der Waals surface area (Å²) in [5.41, 5.74) is -1.11. The fraction of sp³-hybridized carbons (Fsp3) is 0.818. The van der Waals surface area contributed by atoms with E-state index < -0.39 is 27.4 Å². The van der Waals surface area contributed by atoms with Gasteiger partial charge in [0.05, 0.1) is 12.2 Å². The van der Waals surface area contributed by atoms with Gasteiger partial charge in [0.1, 0.15) is 5.54 Å². The minimum absolute atomic E-state index is 0.139. The molecular weight excluding hydrogens is 272 g/mol. The third-order valence-electron chi connectivity index (χ3n) is 3.75. The highest BCUT2D eigenvalue weighted by Crippen LogP contribution is 2.36. The third kappa shape index (κ3) is 3.06. The second kappa shape index (κ2) is 4.75. The second-order valence-electron chi connectivity index (χ2n) is 5.34. The summed E-state index contributed by atoms with van der Waals surface area (Å²) in [5, 5.41) is 11.6. The van der Waals surface area contributed by atoms with Crippen LogP contribution in [0.4, 0.5) is 0 Å². The zero-order chi connectivity index (χ0) is 14.3. The highest BCUT2D eigenvalue weighted by molar-refractivity contribution is 7.88. The zero-order valence-electron chi connectivity index (χ0n) is 10.8. The Morgan fingerprint density at radius 3 is 2.47 bits per heavy atom. The van der Waals surface area contributed by atoms with Gasteiger partial charge in [-0.1, -0.05) is 0 Å². The summed E-state index contributed by atoms with van der Waals surface area (Å²) in [6.07, 6.45) is 3.21. The third-order valence-corrected chi connectivity index (χ3v) is 5.02. The topological polar surface area (TPSA) is 104 Å². The van der Waals surface area contributed by atoms with E-state index in [0.717, 1.165) is 6.26 Å². The number of aliphatic carboxylic acids is 1. The Bertz CT molecular complexity index is 497. The predicted octanol–water partition coefficient (Wildman–Crippen LogP) is -0.609. The highest BCUT2D eigenvalue weighted by Gasteiger charge is 2.52. The summed E-state index contributed by atoms with van der Waals surface area (Å²) in [5.74, 6) is -1.83. The maximum Gasteiger partial charge on any atom is 0.329 e. The number of carbonyl (C=O) groups is 2. The minimum atomic E-state index is -3.30. The van der Waals surface area contributed by atoms with Crippen LogP contribution in [0.5, 0.6) is 0 Å². The van der Waals surface area contributed by atoms with Gasteiger partial charge in [0, 0.05) is 13.1 Å². The normalized spacial score (nSPS) is 26.7. The average Bonchev–Trinajstić information content (AvgIpc) is 3.09. The molecule has 1 amide bonds. The Kier molecular flexibility index (Phi) is 3.57. The summed E-state index contributed by atoms with van der Waals surface area (Å²) in [6.45, 7) is 0.563. The molecule has 0 bridgehead atoms. The molecule has 2 N–H and O–H groups in total. The lowest BCUT2D eigenvalue weighted by atomic mass is 9.98. The van der Waals surface area contributed by atoms with E-state index in [-0.39, 0.29) is 12.5 Å². The van der Waals surface area contributed by atoms with E-state index in [1.165, 1.54) is 4.31 Å². The van der Waals surface area contributed by atoms with Gasteiger partial charge in [-0.2, -0.15) is 0 Å². The molecule has 108 valence electrons. The number of sulfonamides is 1. The highest BCUT2D eigenvalue weighted by atomic mass is 32.2. The molecule has 1 aliphatic heterocycles. The van der Waals surface area contributed by atoms with Crippen molar-refractivity contribution in [3.8, 4) is 0 Å². The first-order valence-electron chi connectivity index (χ1n) is 6.25. The van der Waals surface area contributed by atoms with Crippen LogP contribution in [-0.4, -0.2) is 54.6 Å². The van der Waals surface area contributed by atoms with Crippen LogP contribution in [0.3, 0.4) is 0 Å². The maximum atomic E-state index is 12.0. The van der Waals surface area contributed by atoms with Crippen molar-refractivity contribution in [2.75, 3.05) is 19.3 Å². The fourth-order valence-electron chi connectivity index (χ4n) is 2.31. The molecule has 0 aromatic carbocycles. The number of piperidine rings is 1. The number of nitrogens with zero attached hydrogens (tertiary/aromatic N) is 1. The van der Waals surface area contributed by atoms with Gasteiger partial charge in [0.15, 0.2) is 0 Å². The summed E-state index contributed by atoms with van der Waals surface area (Å²) in [6, 6.07) is 0. The number of hydrogen-bond acceptors (Lipinski definition) is 4. The molecule has 1 atom stereocenters. The molecule has 2 fully saturated rings. The van der Waals surface area contributed by atoms with Crippen LogP contribution in [0.2, 0.25) is 0 Å². The molecule has 2 rings (SSSR count). The Labute approximate surface area is 112 Å². The second-order valence-corrected chi connectivity index (χ2v) is 7.32. The van der Waals surface area contributed by atoms with Crippen molar-refractivity contribution in [2.45, 2.75) is 31.2 Å². The van der Waals surface area contributed by atoms with E-state index in [2.05, 4.69) is 5.32 Å². The molecule has 2 aliphatic rings. The largest absolute Gasteiger partial charge is 0.480 e. The molecule has 7 nitrogen and oxygen atoms in total. The Hall–Kier alpha value is -1.15. The quantitative estimate of drug-likeness (QED) is 0.719. The number of carbonyl (C=O) groups excluding carboxylic acids is 1. The number of rotatable bonds is 4. The number of hydrogen-bond donors (Lipinski definition) is 2. The van der Waals surface area contributed by atoms with E-state index in [4.69, 9.17) is 5.11 Å². The van der Waals surface area contributed by atoms with Gasteiger partial charge in [0.25, 0.3) is 0 Å². The molecule has 0 aromatic heterocycles. The van der Waals surface area contributed by atoms with Gasteiger partial charge in [0.2, 0.25) is 15.9 Å². The van der Waals surface area contributed by atoms with Crippen molar-refractivity contribution < 1.29 is 23.1 Å². The van der Waals surface area contributed by atoms with Gasteiger partial charge in [-0.25, -0.2) is 17.5 Å². The number of nitrogens with one attached hydrogen (secondary N) is 1. The SMILES string of the molecule is CS(=O)(=O)N1CCC[C@@H](C(=O)NC2(C(=O)O)CC2)C1. The lowest BCUT2D eigenvalue weighted by Crippen LogP contribution is -2.50. The Balaban J connectivity index is 1.98. The average molecular weight is 290 g/mol.